The molecule has 1 aliphatic heterocycles. The molecule has 1 aromatic heterocycles. The van der Waals surface area contributed by atoms with Crippen molar-refractivity contribution in [1.82, 2.24) is 14.8 Å². The molecule has 1 aromatic carbocycles. The van der Waals surface area contributed by atoms with Crippen LogP contribution in [-0.2, 0) is 16.0 Å². The predicted octanol–water partition coefficient (Wildman–Crippen LogP) is 2.81. The number of amides is 3. The van der Waals surface area contributed by atoms with Gasteiger partial charge in [-0.25, -0.2) is 9.78 Å². The van der Waals surface area contributed by atoms with Crippen molar-refractivity contribution < 1.29 is 29.3 Å². The molecule has 2 heterocycles. The topological polar surface area (TPSA) is 120 Å². The van der Waals surface area contributed by atoms with Gasteiger partial charge >= 0.3 is 12.0 Å². The fourth-order valence-corrected chi connectivity index (χ4v) is 3.98. The first-order valence-corrected chi connectivity index (χ1v) is 11.2. The van der Waals surface area contributed by atoms with E-state index >= 15 is 0 Å². The average molecular weight is 470 g/mol. The Hall–Kier alpha value is -3.46. The lowest BCUT2D eigenvalue weighted by molar-refractivity contribution is -0.147. The van der Waals surface area contributed by atoms with Gasteiger partial charge in [0, 0.05) is 31.4 Å². The fourth-order valence-electron chi connectivity index (χ4n) is 3.98. The summed E-state index contributed by atoms with van der Waals surface area (Å²) in [4.78, 5) is 43.3. The molecular formula is C25H31N3O6. The Morgan fingerprint density at radius 3 is 2.24 bits per heavy atom. The summed E-state index contributed by atoms with van der Waals surface area (Å²) >= 11 is 0. The van der Waals surface area contributed by atoms with Gasteiger partial charge in [0.15, 0.2) is 0 Å². The summed E-state index contributed by atoms with van der Waals surface area (Å²) in [5.41, 5.74) is 1.91. The maximum atomic E-state index is 12.5. The number of aliphatic hydroxyl groups excluding tert-OH is 1. The summed E-state index contributed by atoms with van der Waals surface area (Å²) in [6.45, 7) is 3.24. The molecule has 0 bridgehead atoms. The number of ether oxygens (including phenoxy) is 1. The Labute approximate surface area is 199 Å². The van der Waals surface area contributed by atoms with Gasteiger partial charge in [-0.05, 0) is 50.3 Å². The van der Waals surface area contributed by atoms with Crippen molar-refractivity contribution in [1.29, 1.82) is 0 Å². The van der Waals surface area contributed by atoms with Gasteiger partial charge in [-0.15, -0.1) is 0 Å². The lowest BCUT2D eigenvalue weighted by Gasteiger charge is -2.22. The number of nitrogens with zero attached hydrogens (tertiary/aromatic N) is 3. The number of carbonyl (C=O) groups is 3. The van der Waals surface area contributed by atoms with E-state index in [1.165, 1.54) is 4.90 Å². The zero-order valence-electron chi connectivity index (χ0n) is 19.9. The van der Waals surface area contributed by atoms with Crippen molar-refractivity contribution in [3.8, 4) is 17.0 Å². The molecule has 9 nitrogen and oxygen atoms in total. The number of aromatic nitrogens is 1. The monoisotopic (exact) mass is 469 g/mol. The lowest BCUT2D eigenvalue weighted by atomic mass is 9.93. The highest BCUT2D eigenvalue weighted by Gasteiger charge is 2.49. The zero-order valence-corrected chi connectivity index (χ0v) is 19.9. The van der Waals surface area contributed by atoms with Gasteiger partial charge < -0.3 is 19.8 Å². The summed E-state index contributed by atoms with van der Waals surface area (Å²) < 4.78 is 5.07. The molecule has 3 amide bonds. The number of carboxylic acid groups (broad SMARTS) is 1. The average Bonchev–Trinajstić information content (AvgIpc) is 2.97. The molecule has 182 valence electrons. The highest BCUT2D eigenvalue weighted by Crippen LogP contribution is 2.27. The molecule has 1 unspecified atom stereocenters. The first-order chi connectivity index (χ1) is 16.1. The number of aliphatic hydroxyl groups is 1. The minimum atomic E-state index is -1.15. The van der Waals surface area contributed by atoms with Crippen LogP contribution in [0, 0.1) is 5.92 Å². The molecule has 0 saturated carbocycles. The van der Waals surface area contributed by atoms with Crippen LogP contribution in [0.25, 0.3) is 11.1 Å². The minimum absolute atomic E-state index is 0.0126. The fraction of sp³-hybridized carbons (Fsp3) is 0.440. The van der Waals surface area contributed by atoms with E-state index in [2.05, 4.69) is 4.98 Å². The number of imide groups is 1. The van der Waals surface area contributed by atoms with Gasteiger partial charge in [-0.2, -0.15) is 0 Å². The quantitative estimate of drug-likeness (QED) is 0.513. The second-order valence-corrected chi connectivity index (χ2v) is 8.98. The van der Waals surface area contributed by atoms with Crippen LogP contribution in [0.2, 0.25) is 0 Å². The van der Waals surface area contributed by atoms with Crippen molar-refractivity contribution in [2.45, 2.75) is 44.8 Å². The Bertz CT molecular complexity index is 1040. The van der Waals surface area contributed by atoms with E-state index in [4.69, 9.17) is 4.74 Å². The van der Waals surface area contributed by atoms with E-state index in [-0.39, 0.29) is 25.3 Å². The van der Waals surface area contributed by atoms with Crippen LogP contribution in [0.15, 0.2) is 42.6 Å². The number of carbonyl (C=O) groups excluding carboxylic acids is 2. The normalized spacial score (nSPS) is 17.1. The summed E-state index contributed by atoms with van der Waals surface area (Å²) in [5.74, 6) is -2.07. The number of benzene rings is 1. The number of rotatable bonds is 10. The van der Waals surface area contributed by atoms with Gasteiger partial charge in [-0.1, -0.05) is 24.3 Å². The zero-order chi connectivity index (χ0) is 25.0. The van der Waals surface area contributed by atoms with Crippen molar-refractivity contribution in [3.63, 3.8) is 0 Å². The first kappa shape index (κ1) is 25.2. The van der Waals surface area contributed by atoms with E-state index in [1.807, 2.05) is 30.3 Å². The summed E-state index contributed by atoms with van der Waals surface area (Å²) in [5, 5.41) is 20.2. The first-order valence-electron chi connectivity index (χ1n) is 11.2. The minimum Gasteiger partial charge on any atom is -0.481 e. The van der Waals surface area contributed by atoms with E-state index in [0.717, 1.165) is 21.6 Å². The van der Waals surface area contributed by atoms with Crippen LogP contribution in [0.4, 0.5) is 4.79 Å². The molecule has 0 spiro atoms. The molecule has 1 fully saturated rings. The number of hydrogen-bond acceptors (Lipinski definition) is 6. The highest BCUT2D eigenvalue weighted by molar-refractivity contribution is 6.06. The number of hydrogen-bond donors (Lipinski definition) is 2. The van der Waals surface area contributed by atoms with Crippen LogP contribution in [0.3, 0.4) is 0 Å². The molecule has 3 rings (SSSR count). The second kappa shape index (κ2) is 10.2. The molecule has 1 aliphatic rings. The van der Waals surface area contributed by atoms with Crippen molar-refractivity contribution >= 4 is 17.9 Å². The van der Waals surface area contributed by atoms with Gasteiger partial charge in [0.05, 0.1) is 19.1 Å². The number of pyridine rings is 1. The van der Waals surface area contributed by atoms with Crippen molar-refractivity contribution in [2.24, 2.45) is 5.92 Å². The van der Waals surface area contributed by atoms with E-state index in [9.17, 15) is 24.6 Å². The Morgan fingerprint density at radius 2 is 1.74 bits per heavy atom. The molecule has 0 aliphatic carbocycles. The predicted molar refractivity (Wildman–Crippen MR) is 125 cm³/mol. The van der Waals surface area contributed by atoms with Crippen LogP contribution in [-0.4, -0.2) is 75.2 Å². The summed E-state index contributed by atoms with van der Waals surface area (Å²) in [6.07, 6.45) is 1.34. The van der Waals surface area contributed by atoms with E-state index in [0.29, 0.717) is 12.3 Å². The van der Waals surface area contributed by atoms with Gasteiger partial charge in [0.1, 0.15) is 5.54 Å². The number of likely N-dealkylation sites (N-methyl/N-ethyl adjacent to an activating group) is 1. The maximum absolute atomic E-state index is 12.5. The third-order valence-corrected chi connectivity index (χ3v) is 6.53. The van der Waals surface area contributed by atoms with Gasteiger partial charge in [0.25, 0.3) is 5.91 Å². The molecule has 2 N–H and O–H groups in total. The smallest absolute Gasteiger partial charge is 0.327 e. The van der Waals surface area contributed by atoms with Crippen LogP contribution < -0.4 is 4.74 Å². The number of urea groups is 1. The largest absolute Gasteiger partial charge is 0.481 e. The van der Waals surface area contributed by atoms with Crippen LogP contribution >= 0.6 is 0 Å². The number of aryl methyl sites for hydroxylation is 1. The molecule has 0 radical (unpaired) electrons. The number of carboxylic acids is 1. The SMILES string of the molecule is COc1ccc(-c2ccc(CC[C@@H](O)C(CCN3C(=O)N(C)C(C)(C)C3=O)C(=O)O)cc2)cn1. The van der Waals surface area contributed by atoms with E-state index < -0.39 is 29.6 Å². The maximum Gasteiger partial charge on any atom is 0.327 e. The third kappa shape index (κ3) is 5.20. The van der Waals surface area contributed by atoms with Crippen molar-refractivity contribution in [3.05, 3.63) is 48.2 Å². The third-order valence-electron chi connectivity index (χ3n) is 6.53. The van der Waals surface area contributed by atoms with Crippen molar-refractivity contribution in [2.75, 3.05) is 20.7 Å². The molecular weight excluding hydrogens is 438 g/mol. The van der Waals surface area contributed by atoms with Crippen LogP contribution in [0.1, 0.15) is 32.3 Å². The Morgan fingerprint density at radius 1 is 1.09 bits per heavy atom. The number of aliphatic carboxylic acids is 1. The Balaban J connectivity index is 1.57. The molecule has 2 aromatic rings. The van der Waals surface area contributed by atoms with E-state index in [1.54, 1.807) is 40.3 Å². The summed E-state index contributed by atoms with van der Waals surface area (Å²) in [7, 11) is 3.10. The molecule has 1 saturated heterocycles. The number of methoxy groups -OCH3 is 1. The molecule has 9 heteroatoms. The Kier molecular flexibility index (Phi) is 7.56. The van der Waals surface area contributed by atoms with Crippen LogP contribution in [0.5, 0.6) is 5.88 Å². The summed E-state index contributed by atoms with van der Waals surface area (Å²) in [6, 6.07) is 11.0. The standard InChI is InChI=1S/C25H31N3O6/c1-25(2)23(32)28(24(33)27(25)3)14-13-19(22(30)31)20(29)11-7-16-5-8-17(9-6-16)18-10-12-21(34-4)26-15-18/h5-6,8-10,12,15,19-20,29H,7,11,13-14H2,1-4H3,(H,30,31)/t19?,20-/m1/s1. The second-order valence-electron chi connectivity index (χ2n) is 8.98. The van der Waals surface area contributed by atoms with Gasteiger partial charge in [-0.3, -0.25) is 14.5 Å². The highest BCUT2D eigenvalue weighted by atomic mass is 16.5. The molecule has 34 heavy (non-hydrogen) atoms. The molecule has 2 atom stereocenters. The lowest BCUT2D eigenvalue weighted by Crippen LogP contribution is -2.42. The van der Waals surface area contributed by atoms with Gasteiger partial charge in [0.2, 0.25) is 5.88 Å².